The molecule has 98 valence electrons. The standard InChI is InChI=1S/C14H12FNO3/c1-8-6-10(3-4-12(8)17)19-13-5-2-9(15)7-11(13)14(16)18/h2-7,17H,1H3,(H2,16,18). The quantitative estimate of drug-likeness (QED) is 0.892. The Bertz CT molecular complexity index is 641. The smallest absolute Gasteiger partial charge is 0.252 e. The van der Waals surface area contributed by atoms with Crippen molar-refractivity contribution in [3.8, 4) is 17.2 Å². The number of hydrogen-bond donors (Lipinski definition) is 2. The molecule has 0 spiro atoms. The number of aryl methyl sites for hydroxylation is 1. The van der Waals surface area contributed by atoms with E-state index in [2.05, 4.69) is 0 Å². The zero-order valence-corrected chi connectivity index (χ0v) is 10.2. The summed E-state index contributed by atoms with van der Waals surface area (Å²) in [5.74, 6) is -0.613. The average Bonchev–Trinajstić information content (AvgIpc) is 2.36. The van der Waals surface area contributed by atoms with E-state index in [1.165, 1.54) is 24.3 Å². The number of ether oxygens (including phenoxy) is 1. The van der Waals surface area contributed by atoms with Crippen LogP contribution in [0.1, 0.15) is 15.9 Å². The van der Waals surface area contributed by atoms with Gasteiger partial charge in [0.1, 0.15) is 23.1 Å². The summed E-state index contributed by atoms with van der Waals surface area (Å²) >= 11 is 0. The van der Waals surface area contributed by atoms with E-state index in [1.54, 1.807) is 13.0 Å². The first-order valence-electron chi connectivity index (χ1n) is 5.54. The van der Waals surface area contributed by atoms with Gasteiger partial charge in [0.25, 0.3) is 5.91 Å². The third-order valence-corrected chi connectivity index (χ3v) is 2.60. The third-order valence-electron chi connectivity index (χ3n) is 2.60. The zero-order chi connectivity index (χ0) is 14.0. The molecule has 3 N–H and O–H groups in total. The molecule has 0 unspecified atom stereocenters. The first-order valence-corrected chi connectivity index (χ1v) is 5.54. The number of benzene rings is 2. The molecule has 0 saturated carbocycles. The van der Waals surface area contributed by atoms with Crippen molar-refractivity contribution >= 4 is 5.91 Å². The number of aromatic hydroxyl groups is 1. The molecular formula is C14H12FNO3. The number of nitrogens with two attached hydrogens (primary N) is 1. The van der Waals surface area contributed by atoms with Crippen molar-refractivity contribution in [1.82, 2.24) is 0 Å². The van der Waals surface area contributed by atoms with E-state index in [0.29, 0.717) is 11.3 Å². The highest BCUT2D eigenvalue weighted by molar-refractivity contribution is 5.95. The lowest BCUT2D eigenvalue weighted by Crippen LogP contribution is -2.12. The highest BCUT2D eigenvalue weighted by Gasteiger charge is 2.12. The van der Waals surface area contributed by atoms with Crippen LogP contribution in [0.25, 0.3) is 0 Å². The molecule has 2 aromatic rings. The van der Waals surface area contributed by atoms with E-state index in [1.807, 2.05) is 0 Å². The van der Waals surface area contributed by atoms with E-state index in [-0.39, 0.29) is 17.1 Å². The van der Waals surface area contributed by atoms with Crippen LogP contribution in [0.4, 0.5) is 4.39 Å². The Balaban J connectivity index is 2.37. The van der Waals surface area contributed by atoms with Gasteiger partial charge in [0.15, 0.2) is 0 Å². The van der Waals surface area contributed by atoms with Crippen LogP contribution in [-0.2, 0) is 0 Å². The molecule has 5 heteroatoms. The molecule has 0 saturated heterocycles. The largest absolute Gasteiger partial charge is 0.508 e. The minimum Gasteiger partial charge on any atom is -0.508 e. The Morgan fingerprint density at radius 3 is 2.63 bits per heavy atom. The molecule has 0 atom stereocenters. The first kappa shape index (κ1) is 12.9. The summed E-state index contributed by atoms with van der Waals surface area (Å²) in [6.07, 6.45) is 0. The maximum atomic E-state index is 13.1. The van der Waals surface area contributed by atoms with E-state index >= 15 is 0 Å². The fraction of sp³-hybridized carbons (Fsp3) is 0.0714. The molecular weight excluding hydrogens is 249 g/mol. The van der Waals surface area contributed by atoms with E-state index in [4.69, 9.17) is 10.5 Å². The number of carbonyl (C=O) groups excluding carboxylic acids is 1. The lowest BCUT2D eigenvalue weighted by molar-refractivity contribution is 0.0997. The van der Waals surface area contributed by atoms with E-state index in [0.717, 1.165) is 6.07 Å². The van der Waals surface area contributed by atoms with Crippen molar-refractivity contribution in [2.24, 2.45) is 5.73 Å². The summed E-state index contributed by atoms with van der Waals surface area (Å²) in [6, 6.07) is 8.13. The molecule has 0 aliphatic heterocycles. The van der Waals surface area contributed by atoms with Crippen molar-refractivity contribution in [2.75, 3.05) is 0 Å². The highest BCUT2D eigenvalue weighted by atomic mass is 19.1. The lowest BCUT2D eigenvalue weighted by atomic mass is 10.2. The Hall–Kier alpha value is -2.56. The Labute approximate surface area is 109 Å². The fourth-order valence-corrected chi connectivity index (χ4v) is 1.60. The highest BCUT2D eigenvalue weighted by Crippen LogP contribution is 2.29. The van der Waals surface area contributed by atoms with Gasteiger partial charge in [-0.2, -0.15) is 0 Å². The summed E-state index contributed by atoms with van der Waals surface area (Å²) in [5.41, 5.74) is 5.75. The molecule has 0 bridgehead atoms. The van der Waals surface area contributed by atoms with Crippen molar-refractivity contribution in [3.05, 3.63) is 53.3 Å². The molecule has 0 aromatic heterocycles. The van der Waals surface area contributed by atoms with Gasteiger partial charge in [-0.05, 0) is 48.9 Å². The van der Waals surface area contributed by atoms with Crippen molar-refractivity contribution in [2.45, 2.75) is 6.92 Å². The molecule has 2 aromatic carbocycles. The number of hydrogen-bond acceptors (Lipinski definition) is 3. The lowest BCUT2D eigenvalue weighted by Gasteiger charge is -2.10. The van der Waals surface area contributed by atoms with Gasteiger partial charge in [0.2, 0.25) is 0 Å². The Morgan fingerprint density at radius 1 is 1.26 bits per heavy atom. The minimum absolute atomic E-state index is 0.0364. The second kappa shape index (κ2) is 4.97. The van der Waals surface area contributed by atoms with Gasteiger partial charge in [0, 0.05) is 0 Å². The van der Waals surface area contributed by atoms with Crippen LogP contribution in [0.15, 0.2) is 36.4 Å². The monoisotopic (exact) mass is 261 g/mol. The number of rotatable bonds is 3. The van der Waals surface area contributed by atoms with Gasteiger partial charge in [0.05, 0.1) is 5.56 Å². The van der Waals surface area contributed by atoms with Crippen LogP contribution in [-0.4, -0.2) is 11.0 Å². The zero-order valence-electron chi connectivity index (χ0n) is 10.2. The molecule has 0 radical (unpaired) electrons. The number of amides is 1. The summed E-state index contributed by atoms with van der Waals surface area (Å²) < 4.78 is 18.5. The second-order valence-electron chi connectivity index (χ2n) is 4.06. The van der Waals surface area contributed by atoms with Gasteiger partial charge < -0.3 is 15.6 Å². The molecule has 0 heterocycles. The number of primary amides is 1. The third kappa shape index (κ3) is 2.82. The summed E-state index contributed by atoms with van der Waals surface area (Å²) in [5, 5.41) is 9.41. The Kier molecular flexibility index (Phi) is 3.37. The number of carbonyl (C=O) groups is 1. The van der Waals surface area contributed by atoms with Gasteiger partial charge in [-0.25, -0.2) is 4.39 Å². The predicted octanol–water partition coefficient (Wildman–Crippen LogP) is 2.73. The van der Waals surface area contributed by atoms with Crippen LogP contribution < -0.4 is 10.5 Å². The molecule has 1 amide bonds. The number of phenolic OH excluding ortho intramolecular Hbond substituents is 1. The van der Waals surface area contributed by atoms with Crippen molar-refractivity contribution in [3.63, 3.8) is 0 Å². The summed E-state index contributed by atoms with van der Waals surface area (Å²) in [4.78, 5) is 11.2. The second-order valence-corrected chi connectivity index (χ2v) is 4.06. The maximum absolute atomic E-state index is 13.1. The van der Waals surface area contributed by atoms with Gasteiger partial charge in [-0.1, -0.05) is 0 Å². The molecule has 0 aliphatic rings. The summed E-state index contributed by atoms with van der Waals surface area (Å²) in [6.45, 7) is 1.71. The van der Waals surface area contributed by atoms with E-state index in [9.17, 15) is 14.3 Å². The first-order chi connectivity index (χ1) is 8.97. The van der Waals surface area contributed by atoms with Crippen LogP contribution in [0.5, 0.6) is 17.2 Å². The van der Waals surface area contributed by atoms with E-state index < -0.39 is 11.7 Å². The minimum atomic E-state index is -0.773. The summed E-state index contributed by atoms with van der Waals surface area (Å²) in [7, 11) is 0. The molecule has 0 aliphatic carbocycles. The average molecular weight is 261 g/mol. The molecule has 19 heavy (non-hydrogen) atoms. The van der Waals surface area contributed by atoms with Gasteiger partial charge in [-0.15, -0.1) is 0 Å². The van der Waals surface area contributed by atoms with Gasteiger partial charge >= 0.3 is 0 Å². The van der Waals surface area contributed by atoms with Crippen molar-refractivity contribution < 1.29 is 19.0 Å². The predicted molar refractivity (Wildman–Crippen MR) is 67.8 cm³/mol. The fourth-order valence-electron chi connectivity index (χ4n) is 1.60. The van der Waals surface area contributed by atoms with Crippen molar-refractivity contribution in [1.29, 1.82) is 0 Å². The SMILES string of the molecule is Cc1cc(Oc2ccc(F)cc2C(N)=O)ccc1O. The topological polar surface area (TPSA) is 72.5 Å². The maximum Gasteiger partial charge on any atom is 0.252 e. The Morgan fingerprint density at radius 2 is 2.00 bits per heavy atom. The van der Waals surface area contributed by atoms with Gasteiger partial charge in [-0.3, -0.25) is 4.79 Å². The van der Waals surface area contributed by atoms with Crippen LogP contribution in [0.3, 0.4) is 0 Å². The number of halogens is 1. The molecule has 2 rings (SSSR count). The molecule has 4 nitrogen and oxygen atoms in total. The number of phenols is 1. The van der Waals surface area contributed by atoms with Crippen LogP contribution in [0.2, 0.25) is 0 Å². The normalized spacial score (nSPS) is 10.2. The molecule has 0 fully saturated rings. The van der Waals surface area contributed by atoms with Crippen LogP contribution >= 0.6 is 0 Å². The van der Waals surface area contributed by atoms with Crippen LogP contribution in [0, 0.1) is 12.7 Å².